The van der Waals surface area contributed by atoms with E-state index in [1.165, 1.54) is 0 Å². The molecule has 1 aromatic carbocycles. The van der Waals surface area contributed by atoms with Gasteiger partial charge >= 0.3 is 6.03 Å². The Labute approximate surface area is 91.7 Å². The highest BCUT2D eigenvalue weighted by Gasteiger charge is 2.01. The molecule has 0 aliphatic rings. The molecule has 0 bridgehead atoms. The molecular weight excluding hydrogens is 211 g/mol. The van der Waals surface area contributed by atoms with Crippen LogP contribution in [0.2, 0.25) is 0 Å². The summed E-state index contributed by atoms with van der Waals surface area (Å²) in [6.07, 6.45) is 0.723. The summed E-state index contributed by atoms with van der Waals surface area (Å²) in [7, 11) is 0. The third-order valence-corrected chi connectivity index (χ3v) is 1.62. The maximum atomic E-state index is 12.7. The predicted octanol–water partition coefficient (Wildman–Crippen LogP) is 1.55. The van der Waals surface area contributed by atoms with Crippen molar-refractivity contribution < 1.29 is 9.18 Å². The zero-order valence-corrected chi connectivity index (χ0v) is 8.33. The van der Waals surface area contributed by atoms with Gasteiger partial charge in [0.25, 0.3) is 0 Å². The van der Waals surface area contributed by atoms with Crippen LogP contribution in [0.25, 0.3) is 0 Å². The lowest BCUT2D eigenvalue weighted by molar-refractivity contribution is 0.255. The Morgan fingerprint density at radius 3 is 2.56 bits per heavy atom. The van der Waals surface area contributed by atoms with Gasteiger partial charge in [0, 0.05) is 11.9 Å². The number of amidine groups is 1. The lowest BCUT2D eigenvalue weighted by Gasteiger charge is -2.03. The lowest BCUT2D eigenvalue weighted by atomic mass is 10.3. The number of hydrogen-bond donors (Lipinski definition) is 4. The van der Waals surface area contributed by atoms with Gasteiger partial charge in [0.05, 0.1) is 0 Å². The zero-order valence-electron chi connectivity index (χ0n) is 8.33. The Balaban J connectivity index is 2.49. The van der Waals surface area contributed by atoms with Crippen molar-refractivity contribution in [3.05, 3.63) is 42.4 Å². The molecule has 2 amide bonds. The second kappa shape index (κ2) is 5.50. The topological polar surface area (TPSA) is 91.0 Å². The van der Waals surface area contributed by atoms with Crippen molar-refractivity contribution in [3.8, 4) is 0 Å². The fourth-order valence-electron chi connectivity index (χ4n) is 0.895. The van der Waals surface area contributed by atoms with Crippen molar-refractivity contribution in [3.63, 3.8) is 0 Å². The van der Waals surface area contributed by atoms with Gasteiger partial charge in [-0.15, -0.1) is 0 Å². The number of amides is 2. The number of benzene rings is 1. The molecule has 0 spiro atoms. The quantitative estimate of drug-likeness (QED) is 0.461. The minimum absolute atomic E-state index is 0.580. The van der Waals surface area contributed by atoms with Crippen molar-refractivity contribution in [2.45, 2.75) is 0 Å². The number of rotatable bonds is 3. The Morgan fingerprint density at radius 1 is 1.38 bits per heavy atom. The van der Waals surface area contributed by atoms with E-state index in [2.05, 4.69) is 10.6 Å². The Bertz CT molecular complexity index is 416. The highest BCUT2D eigenvalue weighted by molar-refractivity contribution is 5.94. The van der Waals surface area contributed by atoms with E-state index >= 15 is 0 Å². The van der Waals surface area contributed by atoms with Gasteiger partial charge in [0.1, 0.15) is 0 Å². The second-order valence-electron chi connectivity index (χ2n) is 2.87. The molecule has 84 valence electrons. The molecule has 0 aromatic heterocycles. The fourth-order valence-corrected chi connectivity index (χ4v) is 0.895. The lowest BCUT2D eigenvalue weighted by Crippen LogP contribution is -2.25. The number of para-hydroxylation sites is 1. The first-order valence-electron chi connectivity index (χ1n) is 4.42. The average molecular weight is 222 g/mol. The van der Waals surface area contributed by atoms with Gasteiger partial charge in [-0.2, -0.15) is 0 Å². The normalized spacial score (nSPS) is 10.7. The Kier molecular flexibility index (Phi) is 4.02. The van der Waals surface area contributed by atoms with E-state index in [9.17, 15) is 9.18 Å². The molecule has 0 unspecified atom stereocenters. The van der Waals surface area contributed by atoms with E-state index < -0.39 is 17.7 Å². The summed E-state index contributed by atoms with van der Waals surface area (Å²) in [4.78, 5) is 11.2. The highest BCUT2D eigenvalue weighted by Crippen LogP contribution is 2.04. The van der Waals surface area contributed by atoms with Crippen molar-refractivity contribution in [1.82, 2.24) is 5.32 Å². The maximum absolute atomic E-state index is 12.7. The Morgan fingerprint density at radius 2 is 2.00 bits per heavy atom. The van der Waals surface area contributed by atoms with Gasteiger partial charge in [0.2, 0.25) is 0 Å². The molecule has 1 rings (SSSR count). The van der Waals surface area contributed by atoms with Gasteiger partial charge < -0.3 is 16.4 Å². The van der Waals surface area contributed by atoms with Gasteiger partial charge in [-0.05, 0) is 12.1 Å². The van der Waals surface area contributed by atoms with Crippen LogP contribution < -0.4 is 16.4 Å². The summed E-state index contributed by atoms with van der Waals surface area (Å²) in [5, 5.41) is 11.3. The largest absolute Gasteiger partial charge is 0.382 e. The van der Waals surface area contributed by atoms with Gasteiger partial charge in [-0.1, -0.05) is 18.2 Å². The standard InChI is InChI=1S/C10H11FN4O/c11-8(9(12)13)6-14-10(16)15-7-4-2-1-3-5-7/h1-6H,(H3,12,13)(H2,14,15,16)/b8-6+. The summed E-state index contributed by atoms with van der Waals surface area (Å²) in [6.45, 7) is 0. The number of nitrogens with two attached hydrogens (primary N) is 1. The number of urea groups is 1. The number of nitrogens with one attached hydrogen (secondary N) is 3. The summed E-state index contributed by atoms with van der Waals surface area (Å²) in [5.41, 5.74) is 5.42. The second-order valence-corrected chi connectivity index (χ2v) is 2.87. The van der Waals surface area contributed by atoms with E-state index in [-0.39, 0.29) is 0 Å². The first kappa shape index (κ1) is 11.7. The van der Waals surface area contributed by atoms with Crippen molar-refractivity contribution in [2.24, 2.45) is 5.73 Å². The number of carbonyl (C=O) groups is 1. The average Bonchev–Trinajstić information content (AvgIpc) is 2.27. The summed E-state index contributed by atoms with van der Waals surface area (Å²) in [5.74, 6) is -1.73. The van der Waals surface area contributed by atoms with Crippen LogP contribution in [-0.4, -0.2) is 11.9 Å². The molecule has 5 N–H and O–H groups in total. The molecule has 0 aliphatic heterocycles. The zero-order chi connectivity index (χ0) is 12.0. The third kappa shape index (κ3) is 3.79. The molecule has 5 nitrogen and oxygen atoms in total. The van der Waals surface area contributed by atoms with Gasteiger partial charge in [-0.25, -0.2) is 9.18 Å². The Hall–Kier alpha value is -2.37. The fraction of sp³-hybridized carbons (Fsp3) is 0. The summed E-state index contributed by atoms with van der Waals surface area (Å²) in [6, 6.07) is 8.07. The number of anilines is 1. The smallest absolute Gasteiger partial charge is 0.323 e. The first-order chi connectivity index (χ1) is 7.59. The van der Waals surface area contributed by atoms with Crippen molar-refractivity contribution in [1.29, 1.82) is 5.41 Å². The number of hydrogen-bond acceptors (Lipinski definition) is 2. The summed E-state index contributed by atoms with van der Waals surface area (Å²) < 4.78 is 12.7. The predicted molar refractivity (Wildman–Crippen MR) is 59.7 cm³/mol. The highest BCUT2D eigenvalue weighted by atomic mass is 19.1. The minimum atomic E-state index is -0.997. The number of halogens is 1. The molecule has 0 heterocycles. The minimum Gasteiger partial charge on any atom is -0.382 e. The molecule has 6 heteroatoms. The molecule has 1 aromatic rings. The molecular formula is C10H11FN4O. The van der Waals surface area contributed by atoms with E-state index in [0.29, 0.717) is 5.69 Å². The first-order valence-corrected chi connectivity index (χ1v) is 4.42. The third-order valence-electron chi connectivity index (χ3n) is 1.62. The van der Waals surface area contributed by atoms with E-state index in [0.717, 1.165) is 6.20 Å². The van der Waals surface area contributed by atoms with Crippen molar-refractivity contribution in [2.75, 3.05) is 5.32 Å². The van der Waals surface area contributed by atoms with E-state index in [1.54, 1.807) is 30.3 Å². The molecule has 0 saturated heterocycles. The van der Waals surface area contributed by atoms with Gasteiger partial charge in [-0.3, -0.25) is 5.41 Å². The van der Waals surface area contributed by atoms with Crippen LogP contribution in [0.1, 0.15) is 0 Å². The van der Waals surface area contributed by atoms with E-state index in [4.69, 9.17) is 11.1 Å². The van der Waals surface area contributed by atoms with Crippen LogP contribution in [-0.2, 0) is 0 Å². The molecule has 16 heavy (non-hydrogen) atoms. The van der Waals surface area contributed by atoms with Crippen LogP contribution in [0.15, 0.2) is 42.4 Å². The van der Waals surface area contributed by atoms with Crippen molar-refractivity contribution >= 4 is 17.6 Å². The molecule has 0 fully saturated rings. The van der Waals surface area contributed by atoms with Crippen LogP contribution in [0.3, 0.4) is 0 Å². The van der Waals surface area contributed by atoms with Crippen LogP contribution in [0.4, 0.5) is 14.9 Å². The molecule has 0 radical (unpaired) electrons. The molecule has 0 saturated carbocycles. The SMILES string of the molecule is N=C(N)/C(F)=C\NC(=O)Nc1ccccc1. The van der Waals surface area contributed by atoms with Gasteiger partial charge in [0.15, 0.2) is 11.7 Å². The number of carbonyl (C=O) groups excluding carboxylic acids is 1. The summed E-state index contributed by atoms with van der Waals surface area (Å²) >= 11 is 0. The van der Waals surface area contributed by atoms with Crippen LogP contribution in [0, 0.1) is 5.41 Å². The molecule has 0 atom stereocenters. The van der Waals surface area contributed by atoms with Crippen LogP contribution in [0.5, 0.6) is 0 Å². The maximum Gasteiger partial charge on any atom is 0.323 e. The van der Waals surface area contributed by atoms with Crippen LogP contribution >= 0.6 is 0 Å². The molecule has 0 aliphatic carbocycles. The monoisotopic (exact) mass is 222 g/mol. The van der Waals surface area contributed by atoms with E-state index in [1.807, 2.05) is 0 Å².